The van der Waals surface area contributed by atoms with E-state index in [2.05, 4.69) is 30.4 Å². The summed E-state index contributed by atoms with van der Waals surface area (Å²) in [5, 5.41) is 20.8. The first-order valence-corrected chi connectivity index (χ1v) is 12.7. The zero-order valence-corrected chi connectivity index (χ0v) is 21.1. The molecule has 0 atom stereocenters. The first-order chi connectivity index (χ1) is 17.5. The quantitative estimate of drug-likeness (QED) is 0.334. The van der Waals surface area contributed by atoms with Crippen molar-refractivity contribution in [1.82, 2.24) is 24.8 Å². The Morgan fingerprint density at radius 1 is 1.28 bits per heavy atom. The standard InChI is InChI=1S/C25H29N7O3S/c1-30(2)11-12-35-18-3-4-19-17(13-18)15-32(24(19)34)25-29-21(16-36-25)23(33)28-20-14-27-6-5-22(20)31-9-7-26-8-10-31/h3-6,13-16,26,34H,7-12H2,1-2H3,(H,28,33). The van der Waals surface area contributed by atoms with Gasteiger partial charge in [0.1, 0.15) is 18.1 Å². The van der Waals surface area contributed by atoms with E-state index in [4.69, 9.17) is 4.74 Å². The van der Waals surface area contributed by atoms with Crippen LogP contribution in [0.25, 0.3) is 15.9 Å². The topological polar surface area (TPSA) is 108 Å². The lowest BCUT2D eigenvalue weighted by Crippen LogP contribution is -2.43. The zero-order valence-electron chi connectivity index (χ0n) is 20.3. The van der Waals surface area contributed by atoms with Crippen LogP contribution in [0.1, 0.15) is 10.5 Å². The number of carbonyl (C=O) groups excluding carboxylic acids is 1. The van der Waals surface area contributed by atoms with Gasteiger partial charge in [-0.15, -0.1) is 11.3 Å². The molecule has 11 heteroatoms. The molecule has 1 amide bonds. The summed E-state index contributed by atoms with van der Waals surface area (Å²) in [7, 11) is 3.99. The molecule has 10 nitrogen and oxygen atoms in total. The molecule has 188 valence electrons. The minimum atomic E-state index is -0.324. The van der Waals surface area contributed by atoms with Gasteiger partial charge in [-0.3, -0.25) is 14.3 Å². The molecule has 0 aliphatic carbocycles. The Balaban J connectivity index is 1.33. The van der Waals surface area contributed by atoms with Crippen molar-refractivity contribution in [1.29, 1.82) is 0 Å². The van der Waals surface area contributed by atoms with Gasteiger partial charge >= 0.3 is 0 Å². The number of nitrogens with one attached hydrogen (secondary N) is 2. The molecule has 36 heavy (non-hydrogen) atoms. The van der Waals surface area contributed by atoms with Gasteiger partial charge in [-0.1, -0.05) is 0 Å². The Morgan fingerprint density at radius 2 is 2.11 bits per heavy atom. The lowest BCUT2D eigenvalue weighted by Gasteiger charge is -2.30. The number of rotatable bonds is 8. The fraction of sp³-hybridized carbons (Fsp3) is 0.320. The van der Waals surface area contributed by atoms with Crippen molar-refractivity contribution in [2.75, 3.05) is 63.6 Å². The average Bonchev–Trinajstić information content (AvgIpc) is 3.50. The van der Waals surface area contributed by atoms with E-state index in [1.54, 1.807) is 28.5 Å². The van der Waals surface area contributed by atoms with Gasteiger partial charge in [0.2, 0.25) is 5.88 Å². The van der Waals surface area contributed by atoms with Gasteiger partial charge in [-0.05, 0) is 38.4 Å². The van der Waals surface area contributed by atoms with Gasteiger partial charge in [0.15, 0.2) is 5.13 Å². The Hall–Kier alpha value is -3.67. The molecule has 4 heterocycles. The van der Waals surface area contributed by atoms with Crippen LogP contribution in [0, 0.1) is 0 Å². The number of fused-ring (bicyclic) bond motifs is 1. The number of thiazole rings is 1. The third-order valence-electron chi connectivity index (χ3n) is 6.00. The first kappa shape index (κ1) is 24.0. The molecular formula is C25H29N7O3S. The number of aromatic hydroxyl groups is 1. The number of ether oxygens (including phenoxy) is 1. The number of pyridine rings is 1. The molecule has 0 bridgehead atoms. The molecule has 0 spiro atoms. The highest BCUT2D eigenvalue weighted by atomic mass is 32.1. The van der Waals surface area contributed by atoms with E-state index in [0.717, 1.165) is 49.5 Å². The van der Waals surface area contributed by atoms with Gasteiger partial charge in [0.25, 0.3) is 5.91 Å². The normalized spacial score (nSPS) is 13.9. The average molecular weight is 508 g/mol. The molecule has 0 unspecified atom stereocenters. The van der Waals surface area contributed by atoms with Crippen molar-refractivity contribution >= 4 is 39.4 Å². The number of hydrogen-bond acceptors (Lipinski definition) is 9. The Bertz CT molecular complexity index is 1360. The van der Waals surface area contributed by atoms with Crippen LogP contribution in [0.15, 0.2) is 48.2 Å². The van der Waals surface area contributed by atoms with Crippen LogP contribution in [-0.4, -0.2) is 83.9 Å². The number of nitrogens with zero attached hydrogens (tertiary/aromatic N) is 5. The largest absolute Gasteiger partial charge is 0.494 e. The van der Waals surface area contributed by atoms with Gasteiger partial charge in [-0.2, -0.15) is 0 Å². The molecule has 1 aliphatic heterocycles. The van der Waals surface area contributed by atoms with E-state index >= 15 is 0 Å². The number of piperazine rings is 1. The van der Waals surface area contributed by atoms with Crippen molar-refractivity contribution in [3.8, 4) is 16.8 Å². The third kappa shape index (κ3) is 5.13. The number of amides is 1. The number of hydrogen-bond donors (Lipinski definition) is 3. The maximum Gasteiger partial charge on any atom is 0.275 e. The number of carbonyl (C=O) groups is 1. The number of aromatic nitrogens is 3. The highest BCUT2D eigenvalue weighted by molar-refractivity contribution is 7.12. The SMILES string of the molecule is CN(C)CCOc1ccc2c(O)n(-c3nc(C(=O)Nc4cnccc4N4CCNCC4)cs3)cc2c1. The molecule has 0 saturated carbocycles. The molecule has 1 saturated heterocycles. The molecule has 4 aromatic rings. The second-order valence-electron chi connectivity index (χ2n) is 8.82. The van der Waals surface area contributed by atoms with Crippen molar-refractivity contribution in [2.45, 2.75) is 0 Å². The number of benzene rings is 1. The Morgan fingerprint density at radius 3 is 2.92 bits per heavy atom. The summed E-state index contributed by atoms with van der Waals surface area (Å²) < 4.78 is 7.40. The minimum absolute atomic E-state index is 0.0689. The second-order valence-corrected chi connectivity index (χ2v) is 9.66. The summed E-state index contributed by atoms with van der Waals surface area (Å²) in [6, 6.07) is 7.47. The van der Waals surface area contributed by atoms with E-state index in [1.807, 2.05) is 38.4 Å². The maximum absolute atomic E-state index is 13.0. The minimum Gasteiger partial charge on any atom is -0.494 e. The monoisotopic (exact) mass is 507 g/mol. The molecule has 1 fully saturated rings. The Labute approximate surface area is 213 Å². The number of likely N-dealkylation sites (N-methyl/N-ethyl adjacent to an activating group) is 1. The first-order valence-electron chi connectivity index (χ1n) is 11.8. The van der Waals surface area contributed by atoms with Gasteiger partial charge in [0, 0.05) is 61.3 Å². The zero-order chi connectivity index (χ0) is 25.1. The summed E-state index contributed by atoms with van der Waals surface area (Å²) >= 11 is 1.28. The van der Waals surface area contributed by atoms with Crippen molar-refractivity contribution in [2.24, 2.45) is 0 Å². The second kappa shape index (κ2) is 10.5. The van der Waals surface area contributed by atoms with Crippen molar-refractivity contribution in [3.05, 3.63) is 53.9 Å². The predicted octanol–water partition coefficient (Wildman–Crippen LogP) is 2.79. The van der Waals surface area contributed by atoms with E-state index in [9.17, 15) is 9.90 Å². The van der Waals surface area contributed by atoms with E-state index in [1.165, 1.54) is 11.3 Å². The van der Waals surface area contributed by atoms with E-state index in [0.29, 0.717) is 22.8 Å². The van der Waals surface area contributed by atoms with Crippen LogP contribution >= 0.6 is 11.3 Å². The summed E-state index contributed by atoms with van der Waals surface area (Å²) in [5.74, 6) is 0.478. The fourth-order valence-electron chi connectivity index (χ4n) is 4.09. The molecular weight excluding hydrogens is 478 g/mol. The van der Waals surface area contributed by atoms with E-state index < -0.39 is 0 Å². The van der Waals surface area contributed by atoms with Gasteiger partial charge in [-0.25, -0.2) is 4.98 Å². The molecule has 1 aliphatic rings. The third-order valence-corrected chi connectivity index (χ3v) is 6.84. The highest BCUT2D eigenvalue weighted by Crippen LogP contribution is 2.34. The lowest BCUT2D eigenvalue weighted by atomic mass is 10.2. The van der Waals surface area contributed by atoms with Crippen LogP contribution in [-0.2, 0) is 0 Å². The molecule has 0 radical (unpaired) electrons. The summed E-state index contributed by atoms with van der Waals surface area (Å²) in [6.07, 6.45) is 5.19. The number of anilines is 2. The van der Waals surface area contributed by atoms with Gasteiger partial charge < -0.3 is 30.3 Å². The predicted molar refractivity (Wildman–Crippen MR) is 142 cm³/mol. The molecule has 3 aromatic heterocycles. The lowest BCUT2D eigenvalue weighted by molar-refractivity contribution is 0.102. The van der Waals surface area contributed by atoms with Crippen LogP contribution in [0.3, 0.4) is 0 Å². The summed E-state index contributed by atoms with van der Waals surface area (Å²) in [5.41, 5.74) is 1.86. The molecule has 5 rings (SSSR count). The van der Waals surface area contributed by atoms with Crippen LogP contribution < -0.4 is 20.3 Å². The van der Waals surface area contributed by atoms with Crippen molar-refractivity contribution < 1.29 is 14.6 Å². The van der Waals surface area contributed by atoms with Crippen LogP contribution in [0.2, 0.25) is 0 Å². The summed E-state index contributed by atoms with van der Waals surface area (Å²) in [4.78, 5) is 26.0. The summed E-state index contributed by atoms with van der Waals surface area (Å²) in [6.45, 7) is 4.88. The van der Waals surface area contributed by atoms with Crippen LogP contribution in [0.5, 0.6) is 11.6 Å². The highest BCUT2D eigenvalue weighted by Gasteiger charge is 2.19. The van der Waals surface area contributed by atoms with E-state index in [-0.39, 0.29) is 17.5 Å². The smallest absolute Gasteiger partial charge is 0.275 e. The molecule has 1 aromatic carbocycles. The van der Waals surface area contributed by atoms with Gasteiger partial charge in [0.05, 0.1) is 17.6 Å². The Kier molecular flexibility index (Phi) is 7.03. The molecule has 3 N–H and O–H groups in total. The maximum atomic E-state index is 13.0. The van der Waals surface area contributed by atoms with Crippen molar-refractivity contribution in [3.63, 3.8) is 0 Å². The fourth-order valence-corrected chi connectivity index (χ4v) is 4.87. The van der Waals surface area contributed by atoms with Crippen LogP contribution in [0.4, 0.5) is 11.4 Å².